The predicted octanol–water partition coefficient (Wildman–Crippen LogP) is 2.49. The Hall–Kier alpha value is -0.870. The molecule has 4 heteroatoms. The second-order valence-corrected chi connectivity index (χ2v) is 6.91. The first-order valence-electron chi connectivity index (χ1n) is 7.37. The normalized spacial score (nSPS) is 19.6. The smallest absolute Gasteiger partial charge is 0.0771 e. The van der Waals surface area contributed by atoms with Gasteiger partial charge in [-0.05, 0) is 12.8 Å². The van der Waals surface area contributed by atoms with Gasteiger partial charge in [0.25, 0.3) is 0 Å². The van der Waals surface area contributed by atoms with Gasteiger partial charge in [0.2, 0.25) is 0 Å². The highest BCUT2D eigenvalue weighted by Crippen LogP contribution is 2.27. The van der Waals surface area contributed by atoms with Gasteiger partial charge in [-0.25, -0.2) is 0 Å². The lowest BCUT2D eigenvalue weighted by molar-refractivity contribution is 0.00465. The van der Waals surface area contributed by atoms with Gasteiger partial charge in [0, 0.05) is 29.8 Å². The van der Waals surface area contributed by atoms with Crippen LogP contribution in [0, 0.1) is 0 Å². The van der Waals surface area contributed by atoms with Gasteiger partial charge in [0.1, 0.15) is 0 Å². The predicted molar refractivity (Wildman–Crippen MR) is 77.0 cm³/mol. The van der Waals surface area contributed by atoms with E-state index in [1.54, 1.807) is 0 Å². The number of hydrogen-bond acceptors (Lipinski definition) is 3. The highest BCUT2D eigenvalue weighted by molar-refractivity contribution is 5.23. The quantitative estimate of drug-likeness (QED) is 0.784. The van der Waals surface area contributed by atoms with Gasteiger partial charge in [-0.1, -0.05) is 40.0 Å². The third-order valence-corrected chi connectivity index (χ3v) is 4.02. The fourth-order valence-electron chi connectivity index (χ4n) is 2.91. The van der Waals surface area contributed by atoms with Gasteiger partial charge in [-0.2, -0.15) is 5.10 Å². The van der Waals surface area contributed by atoms with Gasteiger partial charge in [0.15, 0.2) is 0 Å². The Bertz CT molecular complexity index is 400. The molecule has 1 aliphatic carbocycles. The summed E-state index contributed by atoms with van der Waals surface area (Å²) in [7, 11) is 0. The van der Waals surface area contributed by atoms with E-state index in [1.165, 1.54) is 17.7 Å². The van der Waals surface area contributed by atoms with Crippen LogP contribution in [-0.2, 0) is 12.0 Å². The first-order chi connectivity index (χ1) is 8.91. The molecule has 1 heterocycles. The van der Waals surface area contributed by atoms with Crippen LogP contribution in [0.3, 0.4) is 0 Å². The molecule has 0 aliphatic heterocycles. The van der Waals surface area contributed by atoms with Crippen LogP contribution in [0.2, 0.25) is 0 Å². The summed E-state index contributed by atoms with van der Waals surface area (Å²) < 4.78 is 0. The van der Waals surface area contributed by atoms with E-state index in [2.05, 4.69) is 36.3 Å². The number of hydrogen-bond donors (Lipinski definition) is 3. The first kappa shape index (κ1) is 14.5. The molecule has 1 aromatic heterocycles. The number of rotatable bonds is 4. The topological polar surface area (TPSA) is 60.9 Å². The molecule has 0 aromatic carbocycles. The van der Waals surface area contributed by atoms with Gasteiger partial charge in [-0.15, -0.1) is 0 Å². The molecular formula is C15H27N3O. The van der Waals surface area contributed by atoms with E-state index in [0.29, 0.717) is 6.54 Å². The summed E-state index contributed by atoms with van der Waals surface area (Å²) in [5, 5.41) is 21.1. The Kier molecular flexibility index (Phi) is 4.31. The molecule has 0 spiro atoms. The summed E-state index contributed by atoms with van der Waals surface area (Å²) in [6.07, 6.45) is 7.31. The van der Waals surface area contributed by atoms with Crippen LogP contribution >= 0.6 is 0 Å². The van der Waals surface area contributed by atoms with Crippen molar-refractivity contribution in [3.8, 4) is 0 Å². The van der Waals surface area contributed by atoms with Crippen LogP contribution in [-0.4, -0.2) is 27.4 Å². The van der Waals surface area contributed by atoms with Crippen LogP contribution in [0.1, 0.15) is 64.1 Å². The Morgan fingerprint density at radius 2 is 2.00 bits per heavy atom. The molecule has 0 radical (unpaired) electrons. The summed E-state index contributed by atoms with van der Waals surface area (Å²) in [6, 6.07) is 0. The fraction of sp³-hybridized carbons (Fsp3) is 0.800. The van der Waals surface area contributed by atoms with Crippen molar-refractivity contribution < 1.29 is 5.11 Å². The van der Waals surface area contributed by atoms with Crippen molar-refractivity contribution in [3.05, 3.63) is 17.5 Å². The summed E-state index contributed by atoms with van der Waals surface area (Å²) >= 11 is 0. The lowest BCUT2D eigenvalue weighted by atomic mass is 9.85. The zero-order chi connectivity index (χ0) is 13.9. The Morgan fingerprint density at radius 3 is 2.63 bits per heavy atom. The molecule has 0 saturated heterocycles. The number of nitrogens with zero attached hydrogens (tertiary/aromatic N) is 1. The largest absolute Gasteiger partial charge is 0.389 e. The standard InChI is InChI=1S/C15H27N3O/c1-14(2,3)13-12(10-17-18-13)9-16-11-15(19)7-5-4-6-8-15/h10,16,19H,4-9,11H2,1-3H3,(H,17,18). The Morgan fingerprint density at radius 1 is 1.32 bits per heavy atom. The molecule has 4 nitrogen and oxygen atoms in total. The average Bonchev–Trinajstić information content (AvgIpc) is 2.78. The van der Waals surface area contributed by atoms with Crippen LogP contribution < -0.4 is 5.32 Å². The maximum absolute atomic E-state index is 10.4. The number of H-pyrrole nitrogens is 1. The van der Waals surface area contributed by atoms with Crippen molar-refractivity contribution in [1.82, 2.24) is 15.5 Å². The van der Waals surface area contributed by atoms with E-state index >= 15 is 0 Å². The van der Waals surface area contributed by atoms with Crippen LogP contribution in [0.5, 0.6) is 0 Å². The molecule has 1 fully saturated rings. The van der Waals surface area contributed by atoms with Crippen molar-refractivity contribution in [2.75, 3.05) is 6.54 Å². The minimum absolute atomic E-state index is 0.0786. The van der Waals surface area contributed by atoms with Gasteiger partial charge < -0.3 is 10.4 Å². The molecule has 3 N–H and O–H groups in total. The molecule has 1 aliphatic rings. The maximum atomic E-state index is 10.4. The summed E-state index contributed by atoms with van der Waals surface area (Å²) in [5.74, 6) is 0. The minimum Gasteiger partial charge on any atom is -0.389 e. The SMILES string of the molecule is CC(C)(C)c1[nH]ncc1CNCC1(O)CCCCC1. The molecule has 1 aromatic rings. The van der Waals surface area contributed by atoms with Gasteiger partial charge in [-0.3, -0.25) is 5.10 Å². The van der Waals surface area contributed by atoms with Crippen molar-refractivity contribution in [1.29, 1.82) is 0 Å². The highest BCUT2D eigenvalue weighted by Gasteiger charge is 2.28. The molecule has 0 unspecified atom stereocenters. The van der Waals surface area contributed by atoms with Crippen molar-refractivity contribution >= 4 is 0 Å². The Balaban J connectivity index is 1.87. The van der Waals surface area contributed by atoms with Crippen molar-refractivity contribution in [2.24, 2.45) is 0 Å². The summed E-state index contributed by atoms with van der Waals surface area (Å²) in [6.45, 7) is 7.99. The zero-order valence-corrected chi connectivity index (χ0v) is 12.4. The highest BCUT2D eigenvalue weighted by atomic mass is 16.3. The summed E-state index contributed by atoms with van der Waals surface area (Å²) in [5.41, 5.74) is 1.96. The lowest BCUT2D eigenvalue weighted by Gasteiger charge is -2.32. The first-order valence-corrected chi connectivity index (χ1v) is 7.37. The minimum atomic E-state index is -0.496. The fourth-order valence-corrected chi connectivity index (χ4v) is 2.91. The second kappa shape index (κ2) is 5.63. The number of aromatic nitrogens is 2. The van der Waals surface area contributed by atoms with E-state index < -0.39 is 5.60 Å². The van der Waals surface area contributed by atoms with Crippen LogP contribution in [0.15, 0.2) is 6.20 Å². The summed E-state index contributed by atoms with van der Waals surface area (Å²) in [4.78, 5) is 0. The molecule has 0 atom stereocenters. The second-order valence-electron chi connectivity index (χ2n) is 6.91. The monoisotopic (exact) mass is 265 g/mol. The maximum Gasteiger partial charge on any atom is 0.0771 e. The molecular weight excluding hydrogens is 238 g/mol. The molecule has 108 valence electrons. The third-order valence-electron chi connectivity index (χ3n) is 4.02. The van der Waals surface area contributed by atoms with Crippen LogP contribution in [0.25, 0.3) is 0 Å². The van der Waals surface area contributed by atoms with E-state index in [4.69, 9.17) is 0 Å². The number of nitrogens with one attached hydrogen (secondary N) is 2. The molecule has 0 bridgehead atoms. The van der Waals surface area contributed by atoms with E-state index in [9.17, 15) is 5.11 Å². The molecule has 19 heavy (non-hydrogen) atoms. The molecule has 0 amide bonds. The molecule has 2 rings (SSSR count). The zero-order valence-electron chi connectivity index (χ0n) is 12.4. The van der Waals surface area contributed by atoms with Crippen LogP contribution in [0.4, 0.5) is 0 Å². The van der Waals surface area contributed by atoms with E-state index in [-0.39, 0.29) is 5.41 Å². The third kappa shape index (κ3) is 3.80. The van der Waals surface area contributed by atoms with Crippen molar-refractivity contribution in [3.63, 3.8) is 0 Å². The molecule has 1 saturated carbocycles. The average molecular weight is 265 g/mol. The lowest BCUT2D eigenvalue weighted by Crippen LogP contribution is -2.42. The van der Waals surface area contributed by atoms with E-state index in [0.717, 1.165) is 32.2 Å². The Labute approximate surface area is 116 Å². The number of aliphatic hydroxyl groups is 1. The van der Waals surface area contributed by atoms with Crippen molar-refractivity contribution in [2.45, 2.75) is 70.4 Å². The van der Waals surface area contributed by atoms with E-state index in [1.807, 2.05) is 6.20 Å². The van der Waals surface area contributed by atoms with Gasteiger partial charge >= 0.3 is 0 Å². The number of aromatic amines is 1. The van der Waals surface area contributed by atoms with Gasteiger partial charge in [0.05, 0.1) is 11.8 Å².